The fourth-order valence-corrected chi connectivity index (χ4v) is 4.04. The summed E-state index contributed by atoms with van der Waals surface area (Å²) in [5, 5.41) is 0.345. The molecular weight excluding hydrogens is 398 g/mol. The number of fused-ring (bicyclic) bond motifs is 1. The summed E-state index contributed by atoms with van der Waals surface area (Å²) < 4.78 is 11.4. The Morgan fingerprint density at radius 1 is 1.16 bits per heavy atom. The van der Waals surface area contributed by atoms with E-state index in [1.807, 2.05) is 25.1 Å². The molecule has 3 aromatic rings. The second-order valence-corrected chi connectivity index (χ2v) is 7.68. The van der Waals surface area contributed by atoms with Crippen molar-refractivity contribution in [1.82, 2.24) is 14.5 Å². The average molecular weight is 423 g/mol. The fourth-order valence-electron chi connectivity index (χ4n) is 4.04. The Kier molecular flexibility index (Phi) is 6.01. The van der Waals surface area contributed by atoms with Gasteiger partial charge >= 0.3 is 11.7 Å². The Morgan fingerprint density at radius 3 is 2.65 bits per heavy atom. The number of aromatic amines is 1. The monoisotopic (exact) mass is 423 g/mol. The van der Waals surface area contributed by atoms with Crippen LogP contribution in [0.4, 0.5) is 0 Å². The van der Waals surface area contributed by atoms with Gasteiger partial charge in [0.1, 0.15) is 0 Å². The lowest BCUT2D eigenvalue weighted by Crippen LogP contribution is -2.44. The molecule has 1 N–H and O–H groups in total. The number of aryl methyl sites for hydroxylation is 1. The van der Waals surface area contributed by atoms with Gasteiger partial charge in [0.15, 0.2) is 0 Å². The van der Waals surface area contributed by atoms with Crippen molar-refractivity contribution < 1.29 is 14.3 Å². The summed E-state index contributed by atoms with van der Waals surface area (Å²) in [4.78, 5) is 42.8. The number of nitrogens with zero attached hydrogens (tertiary/aromatic N) is 2. The molecule has 1 aliphatic rings. The zero-order chi connectivity index (χ0) is 22.0. The van der Waals surface area contributed by atoms with Crippen molar-refractivity contribution in [3.63, 3.8) is 0 Å². The number of hydrogen-bond acceptors (Lipinski definition) is 6. The highest BCUT2D eigenvalue weighted by molar-refractivity contribution is 5.93. The number of benzene rings is 2. The van der Waals surface area contributed by atoms with Gasteiger partial charge in [0, 0.05) is 13.1 Å². The first-order chi connectivity index (χ1) is 15.0. The van der Waals surface area contributed by atoms with E-state index in [4.69, 9.17) is 9.47 Å². The number of esters is 1. The van der Waals surface area contributed by atoms with Crippen molar-refractivity contribution in [3.8, 4) is 0 Å². The number of aromatic nitrogens is 2. The molecule has 0 spiro atoms. The Bertz CT molecular complexity index is 1220. The molecule has 1 saturated heterocycles. The van der Waals surface area contributed by atoms with Gasteiger partial charge in [-0.2, -0.15) is 0 Å². The van der Waals surface area contributed by atoms with Gasteiger partial charge in [-0.3, -0.25) is 14.3 Å². The van der Waals surface area contributed by atoms with Crippen LogP contribution in [0.5, 0.6) is 0 Å². The molecule has 1 atom stereocenters. The zero-order valence-electron chi connectivity index (χ0n) is 17.6. The van der Waals surface area contributed by atoms with Crippen LogP contribution in [0.3, 0.4) is 0 Å². The lowest BCUT2D eigenvalue weighted by Gasteiger charge is -2.35. The standard InChI is InChI=1S/C23H25N3O5/c1-15-4-3-5-16(12-15)20(25-8-10-31-11-9-25)14-26-21(27)18-7-6-17(22(28)30-2)13-19(18)24-23(26)29/h3-7,12-13,20H,8-11,14H2,1-2H3,(H,24,29)/t20-/m1/s1. The molecule has 0 unspecified atom stereocenters. The number of ether oxygens (including phenoxy) is 2. The summed E-state index contributed by atoms with van der Waals surface area (Å²) in [5.74, 6) is -0.529. The Morgan fingerprint density at radius 2 is 1.94 bits per heavy atom. The largest absolute Gasteiger partial charge is 0.465 e. The highest BCUT2D eigenvalue weighted by Gasteiger charge is 2.25. The van der Waals surface area contributed by atoms with E-state index in [0.717, 1.165) is 24.2 Å². The summed E-state index contributed by atoms with van der Waals surface area (Å²) in [7, 11) is 1.28. The molecule has 1 aliphatic heterocycles. The van der Waals surface area contributed by atoms with Crippen molar-refractivity contribution in [2.45, 2.75) is 19.5 Å². The van der Waals surface area contributed by atoms with Crippen molar-refractivity contribution in [2.24, 2.45) is 0 Å². The van der Waals surface area contributed by atoms with Crippen molar-refractivity contribution in [1.29, 1.82) is 0 Å². The summed E-state index contributed by atoms with van der Waals surface area (Å²) in [6, 6.07) is 12.5. The average Bonchev–Trinajstić information content (AvgIpc) is 2.78. The third-order valence-corrected chi connectivity index (χ3v) is 5.67. The van der Waals surface area contributed by atoms with E-state index >= 15 is 0 Å². The van der Waals surface area contributed by atoms with Crippen LogP contribution < -0.4 is 11.2 Å². The van der Waals surface area contributed by atoms with Gasteiger partial charge in [-0.15, -0.1) is 0 Å². The third kappa shape index (κ3) is 4.30. The number of methoxy groups -OCH3 is 1. The highest BCUT2D eigenvalue weighted by Crippen LogP contribution is 2.24. The minimum Gasteiger partial charge on any atom is -0.465 e. The molecule has 8 heteroatoms. The zero-order valence-corrected chi connectivity index (χ0v) is 17.6. The Balaban J connectivity index is 1.77. The summed E-state index contributed by atoms with van der Waals surface area (Å²) in [6.45, 7) is 4.91. The maximum atomic E-state index is 13.2. The lowest BCUT2D eigenvalue weighted by atomic mass is 10.0. The summed E-state index contributed by atoms with van der Waals surface area (Å²) >= 11 is 0. The smallest absolute Gasteiger partial charge is 0.337 e. The predicted molar refractivity (Wildman–Crippen MR) is 116 cm³/mol. The first kappa shape index (κ1) is 21.0. The molecule has 1 fully saturated rings. The second kappa shape index (κ2) is 8.87. The first-order valence-electron chi connectivity index (χ1n) is 10.2. The number of nitrogens with one attached hydrogen (secondary N) is 1. The molecule has 8 nitrogen and oxygen atoms in total. The number of carbonyl (C=O) groups excluding carboxylic acids is 1. The van der Waals surface area contributed by atoms with Crippen LogP contribution in [-0.2, 0) is 16.0 Å². The van der Waals surface area contributed by atoms with E-state index in [2.05, 4.69) is 16.0 Å². The van der Waals surface area contributed by atoms with Gasteiger partial charge in [0.25, 0.3) is 5.56 Å². The van der Waals surface area contributed by atoms with E-state index in [-0.39, 0.29) is 23.7 Å². The fraction of sp³-hybridized carbons (Fsp3) is 0.348. The number of hydrogen-bond donors (Lipinski definition) is 1. The van der Waals surface area contributed by atoms with Gasteiger partial charge in [-0.1, -0.05) is 29.8 Å². The van der Waals surface area contributed by atoms with Crippen molar-refractivity contribution >= 4 is 16.9 Å². The Hall–Kier alpha value is -3.23. The number of H-pyrrole nitrogens is 1. The van der Waals surface area contributed by atoms with Gasteiger partial charge < -0.3 is 14.5 Å². The number of carbonyl (C=O) groups is 1. The molecule has 0 amide bonds. The predicted octanol–water partition coefficient (Wildman–Crippen LogP) is 1.86. The number of rotatable bonds is 5. The maximum Gasteiger partial charge on any atom is 0.337 e. The van der Waals surface area contributed by atoms with Crippen LogP contribution >= 0.6 is 0 Å². The van der Waals surface area contributed by atoms with E-state index in [1.54, 1.807) is 6.07 Å². The van der Waals surface area contributed by atoms with Gasteiger partial charge in [0.05, 0.1) is 49.4 Å². The van der Waals surface area contributed by atoms with Crippen LogP contribution in [0.25, 0.3) is 10.9 Å². The second-order valence-electron chi connectivity index (χ2n) is 7.68. The summed E-state index contributed by atoms with van der Waals surface area (Å²) in [6.07, 6.45) is 0. The van der Waals surface area contributed by atoms with Crippen LogP contribution in [-0.4, -0.2) is 53.8 Å². The lowest BCUT2D eigenvalue weighted by molar-refractivity contribution is 0.0119. The molecule has 1 aromatic heterocycles. The Labute approximate surface area is 179 Å². The van der Waals surface area contributed by atoms with E-state index in [9.17, 15) is 14.4 Å². The van der Waals surface area contributed by atoms with E-state index < -0.39 is 11.7 Å². The molecule has 0 aliphatic carbocycles. The molecule has 2 aromatic carbocycles. The number of morpholine rings is 1. The third-order valence-electron chi connectivity index (χ3n) is 5.67. The molecule has 31 heavy (non-hydrogen) atoms. The normalized spacial score (nSPS) is 15.7. The molecule has 4 rings (SSSR count). The minimum atomic E-state index is -0.529. The van der Waals surface area contributed by atoms with E-state index in [1.165, 1.54) is 23.8 Å². The molecular formula is C23H25N3O5. The minimum absolute atomic E-state index is 0.144. The molecule has 2 heterocycles. The quantitative estimate of drug-likeness (QED) is 0.630. The van der Waals surface area contributed by atoms with Crippen LogP contribution in [0.15, 0.2) is 52.1 Å². The SMILES string of the molecule is COC(=O)c1ccc2c(=O)n(C[C@H](c3cccc(C)c3)N3CCOCC3)c(=O)[nH]c2c1. The van der Waals surface area contributed by atoms with Crippen molar-refractivity contribution in [2.75, 3.05) is 33.4 Å². The van der Waals surface area contributed by atoms with Gasteiger partial charge in [0.2, 0.25) is 0 Å². The van der Waals surface area contributed by atoms with Crippen LogP contribution in [0, 0.1) is 6.92 Å². The van der Waals surface area contributed by atoms with Gasteiger partial charge in [-0.25, -0.2) is 9.59 Å². The van der Waals surface area contributed by atoms with Crippen LogP contribution in [0.2, 0.25) is 0 Å². The van der Waals surface area contributed by atoms with Crippen LogP contribution in [0.1, 0.15) is 27.5 Å². The van der Waals surface area contributed by atoms with Crippen molar-refractivity contribution in [3.05, 3.63) is 80.0 Å². The first-order valence-corrected chi connectivity index (χ1v) is 10.2. The topological polar surface area (TPSA) is 93.6 Å². The highest BCUT2D eigenvalue weighted by atomic mass is 16.5. The molecule has 0 saturated carbocycles. The maximum absolute atomic E-state index is 13.2. The van der Waals surface area contributed by atoms with Gasteiger partial charge in [-0.05, 0) is 30.7 Å². The molecule has 0 bridgehead atoms. The molecule has 162 valence electrons. The van der Waals surface area contributed by atoms with E-state index in [0.29, 0.717) is 24.1 Å². The summed E-state index contributed by atoms with van der Waals surface area (Å²) in [5.41, 5.74) is 1.85. The molecule has 0 radical (unpaired) electrons.